The summed E-state index contributed by atoms with van der Waals surface area (Å²) in [6.07, 6.45) is -17.5. The van der Waals surface area contributed by atoms with Gasteiger partial charge in [-0.05, 0) is 35.0 Å². The molecule has 0 aliphatic carbocycles. The highest BCUT2D eigenvalue weighted by atomic mass is 19.4. The van der Waals surface area contributed by atoms with Crippen molar-refractivity contribution in [3.05, 3.63) is 95.6 Å². The summed E-state index contributed by atoms with van der Waals surface area (Å²) in [7, 11) is 0. The summed E-state index contributed by atoms with van der Waals surface area (Å²) in [5, 5.41) is 9.93. The molecule has 0 aliphatic rings. The van der Waals surface area contributed by atoms with E-state index < -0.39 is 46.8 Å². The SMILES string of the molecule is FC(F)(F)c1cc(Oc2nnc(-c3ccccc3)c3cc4ccccc4cc23)cc(C(F)(F)F)c1C(F)(F)F. The van der Waals surface area contributed by atoms with Crippen LogP contribution in [-0.2, 0) is 18.5 Å². The Balaban J connectivity index is 1.76. The Hall–Kier alpha value is -4.35. The van der Waals surface area contributed by atoms with Crippen molar-refractivity contribution in [3.8, 4) is 22.9 Å². The molecule has 0 spiro atoms. The van der Waals surface area contributed by atoms with Crippen LogP contribution in [0.1, 0.15) is 16.7 Å². The van der Waals surface area contributed by atoms with Gasteiger partial charge in [-0.25, -0.2) is 0 Å². The van der Waals surface area contributed by atoms with E-state index in [-0.39, 0.29) is 17.5 Å². The maximum Gasteiger partial charge on any atom is 0.417 e. The molecule has 1 aromatic heterocycles. The fourth-order valence-electron chi connectivity index (χ4n) is 4.24. The van der Waals surface area contributed by atoms with Crippen LogP contribution in [0.5, 0.6) is 11.6 Å². The molecule has 0 N–H and O–H groups in total. The Kier molecular flexibility index (Phi) is 6.15. The molecule has 0 aliphatic heterocycles. The molecule has 0 bridgehead atoms. The minimum atomic E-state index is -5.95. The maximum atomic E-state index is 13.6. The smallest absolute Gasteiger partial charge is 0.417 e. The molecule has 5 aromatic rings. The molecule has 0 saturated heterocycles. The van der Waals surface area contributed by atoms with Crippen LogP contribution in [0, 0.1) is 0 Å². The van der Waals surface area contributed by atoms with E-state index in [0.29, 0.717) is 22.0 Å². The lowest BCUT2D eigenvalue weighted by Crippen LogP contribution is -2.23. The van der Waals surface area contributed by atoms with Crippen molar-refractivity contribution in [1.29, 1.82) is 0 Å². The van der Waals surface area contributed by atoms with Crippen molar-refractivity contribution in [2.45, 2.75) is 18.5 Å². The largest absolute Gasteiger partial charge is 0.437 e. The fourth-order valence-corrected chi connectivity index (χ4v) is 4.24. The van der Waals surface area contributed by atoms with Gasteiger partial charge in [0.1, 0.15) is 11.4 Å². The molecule has 5 rings (SSSR count). The quantitative estimate of drug-likeness (QED) is 0.165. The Morgan fingerprint density at radius 3 is 1.56 bits per heavy atom. The number of benzene rings is 4. The minimum absolute atomic E-state index is 0.127. The summed E-state index contributed by atoms with van der Waals surface area (Å²) < 4.78 is 127. The van der Waals surface area contributed by atoms with E-state index in [1.807, 2.05) is 0 Å². The molecular formula is C27H13F9N2O. The molecule has 0 radical (unpaired) electrons. The van der Waals surface area contributed by atoms with Gasteiger partial charge in [0.2, 0.25) is 5.88 Å². The van der Waals surface area contributed by atoms with Gasteiger partial charge >= 0.3 is 18.5 Å². The summed E-state index contributed by atoms with van der Waals surface area (Å²) in [6, 6.07) is 18.6. The molecule has 200 valence electrons. The monoisotopic (exact) mass is 552 g/mol. The molecular weight excluding hydrogens is 539 g/mol. The second-order valence-corrected chi connectivity index (χ2v) is 8.45. The molecule has 0 unspecified atom stereocenters. The van der Waals surface area contributed by atoms with Gasteiger partial charge in [0.15, 0.2) is 0 Å². The number of hydrogen-bond donors (Lipinski definition) is 0. The van der Waals surface area contributed by atoms with E-state index in [0.717, 1.165) is 5.39 Å². The number of fused-ring (bicyclic) bond motifs is 2. The molecule has 39 heavy (non-hydrogen) atoms. The number of aromatic nitrogens is 2. The molecule has 0 atom stereocenters. The van der Waals surface area contributed by atoms with Crippen LogP contribution in [0.15, 0.2) is 78.9 Å². The van der Waals surface area contributed by atoms with Crippen molar-refractivity contribution in [3.63, 3.8) is 0 Å². The lowest BCUT2D eigenvalue weighted by molar-refractivity contribution is -0.174. The van der Waals surface area contributed by atoms with E-state index in [2.05, 4.69) is 10.2 Å². The van der Waals surface area contributed by atoms with Gasteiger partial charge in [-0.1, -0.05) is 54.6 Å². The second-order valence-electron chi connectivity index (χ2n) is 8.45. The van der Waals surface area contributed by atoms with Crippen LogP contribution in [-0.4, -0.2) is 10.2 Å². The third kappa shape index (κ3) is 5.06. The van der Waals surface area contributed by atoms with E-state index in [9.17, 15) is 39.5 Å². The van der Waals surface area contributed by atoms with Gasteiger partial charge in [-0.3, -0.25) is 0 Å². The number of ether oxygens (including phenoxy) is 1. The predicted octanol–water partition coefficient (Wildman–Crippen LogP) is 9.30. The topological polar surface area (TPSA) is 35.0 Å². The molecule has 4 aromatic carbocycles. The molecule has 1 heterocycles. The highest BCUT2D eigenvalue weighted by molar-refractivity contribution is 6.05. The van der Waals surface area contributed by atoms with Crippen LogP contribution in [0.4, 0.5) is 39.5 Å². The summed E-state index contributed by atoms with van der Waals surface area (Å²) in [5.74, 6) is -1.63. The normalized spacial score (nSPS) is 12.7. The van der Waals surface area contributed by atoms with Crippen molar-refractivity contribution < 1.29 is 44.3 Å². The summed E-state index contributed by atoms with van der Waals surface area (Å²) in [6.45, 7) is 0. The van der Waals surface area contributed by atoms with E-state index in [1.54, 1.807) is 66.7 Å². The molecule has 0 fully saturated rings. The van der Waals surface area contributed by atoms with Gasteiger partial charge in [-0.15, -0.1) is 10.2 Å². The lowest BCUT2D eigenvalue weighted by atomic mass is 9.98. The predicted molar refractivity (Wildman–Crippen MR) is 124 cm³/mol. The Labute approximate surface area is 213 Å². The van der Waals surface area contributed by atoms with Crippen molar-refractivity contribution in [2.24, 2.45) is 0 Å². The number of nitrogens with zero attached hydrogens (tertiary/aromatic N) is 2. The summed E-state index contributed by atoms with van der Waals surface area (Å²) >= 11 is 0. The Morgan fingerprint density at radius 2 is 1.05 bits per heavy atom. The zero-order valence-corrected chi connectivity index (χ0v) is 19.2. The van der Waals surface area contributed by atoms with E-state index in [1.165, 1.54) is 0 Å². The zero-order chi connectivity index (χ0) is 28.2. The lowest BCUT2D eigenvalue weighted by Gasteiger charge is -2.22. The van der Waals surface area contributed by atoms with Gasteiger partial charge in [-0.2, -0.15) is 39.5 Å². The standard InChI is InChI=1S/C27H13F9N2O/c28-25(29,30)20-12-17(13-21(26(31,32)33)22(20)27(34,35)36)39-24-19-11-16-9-5-4-8-15(16)10-18(19)23(37-38-24)14-6-2-1-3-7-14/h1-13H. The average Bonchev–Trinajstić information content (AvgIpc) is 2.86. The van der Waals surface area contributed by atoms with Crippen LogP contribution >= 0.6 is 0 Å². The number of rotatable bonds is 3. The van der Waals surface area contributed by atoms with E-state index in [4.69, 9.17) is 4.74 Å². The summed E-state index contributed by atoms with van der Waals surface area (Å²) in [5.41, 5.74) is -6.96. The number of hydrogen-bond acceptors (Lipinski definition) is 3. The fraction of sp³-hybridized carbons (Fsp3) is 0.111. The minimum Gasteiger partial charge on any atom is -0.437 e. The van der Waals surface area contributed by atoms with Gasteiger partial charge < -0.3 is 4.74 Å². The molecule has 12 heteroatoms. The molecule has 3 nitrogen and oxygen atoms in total. The van der Waals surface area contributed by atoms with Crippen LogP contribution in [0.2, 0.25) is 0 Å². The average molecular weight is 552 g/mol. The van der Waals surface area contributed by atoms with Crippen molar-refractivity contribution in [1.82, 2.24) is 10.2 Å². The third-order valence-corrected chi connectivity index (χ3v) is 5.88. The van der Waals surface area contributed by atoms with Crippen LogP contribution < -0.4 is 4.74 Å². The number of alkyl halides is 9. The second kappa shape index (κ2) is 9.14. The van der Waals surface area contributed by atoms with Gasteiger partial charge in [0.25, 0.3) is 0 Å². The van der Waals surface area contributed by atoms with Gasteiger partial charge in [0.05, 0.1) is 16.7 Å². The molecule has 0 saturated carbocycles. The van der Waals surface area contributed by atoms with Crippen molar-refractivity contribution in [2.75, 3.05) is 0 Å². The zero-order valence-electron chi connectivity index (χ0n) is 19.2. The van der Waals surface area contributed by atoms with Crippen LogP contribution in [0.25, 0.3) is 32.8 Å². The summed E-state index contributed by atoms with van der Waals surface area (Å²) in [4.78, 5) is 0. The first kappa shape index (κ1) is 26.3. The van der Waals surface area contributed by atoms with Crippen LogP contribution in [0.3, 0.4) is 0 Å². The third-order valence-electron chi connectivity index (χ3n) is 5.88. The Morgan fingerprint density at radius 1 is 0.538 bits per heavy atom. The highest BCUT2D eigenvalue weighted by Gasteiger charge is 2.50. The first-order valence-corrected chi connectivity index (χ1v) is 11.1. The maximum absolute atomic E-state index is 13.6. The first-order chi connectivity index (χ1) is 18.2. The first-order valence-electron chi connectivity index (χ1n) is 11.1. The van der Waals surface area contributed by atoms with Gasteiger partial charge in [0, 0.05) is 16.3 Å². The molecule has 0 amide bonds. The van der Waals surface area contributed by atoms with Crippen molar-refractivity contribution >= 4 is 21.5 Å². The number of halogens is 9. The Bertz CT molecular complexity index is 1660. The highest BCUT2D eigenvalue weighted by Crippen LogP contribution is 2.49. The van der Waals surface area contributed by atoms with E-state index >= 15 is 0 Å².